The van der Waals surface area contributed by atoms with Crippen LogP contribution in [-0.2, 0) is 36.0 Å². The van der Waals surface area contributed by atoms with Gasteiger partial charge in [0, 0.05) is 40.1 Å². The summed E-state index contributed by atoms with van der Waals surface area (Å²) in [4.78, 5) is 21.9. The molecular weight excluding hydrogens is 1160 g/mol. The molecule has 0 fully saturated rings. The molecule has 0 aliphatic carbocycles. The van der Waals surface area contributed by atoms with Gasteiger partial charge >= 0.3 is 12.4 Å². The van der Waals surface area contributed by atoms with E-state index in [-0.39, 0.29) is 0 Å². The lowest BCUT2D eigenvalue weighted by atomic mass is 9.78. The smallest absolute Gasteiger partial charge is 0.240 e. The third-order valence-corrected chi connectivity index (χ3v) is 25.0. The van der Waals surface area contributed by atoms with Gasteiger partial charge in [0.1, 0.15) is 10.0 Å². The van der Waals surface area contributed by atoms with Crippen molar-refractivity contribution in [1.82, 2.24) is 9.97 Å². The van der Waals surface area contributed by atoms with Crippen molar-refractivity contribution in [2.75, 3.05) is 0 Å². The van der Waals surface area contributed by atoms with Gasteiger partial charge in [-0.2, -0.15) is 26.3 Å². The third-order valence-electron chi connectivity index (χ3n) is 16.7. The quantitative estimate of drug-likeness (QED) is 0.0310. The highest BCUT2D eigenvalue weighted by atomic mass is 32.1. The van der Waals surface area contributed by atoms with Crippen molar-refractivity contribution < 1.29 is 26.3 Å². The number of alkyl halides is 6. The normalized spacial score (nSPS) is 13.2. The second-order valence-electron chi connectivity index (χ2n) is 23.5. The molecule has 0 aliphatic heterocycles. The minimum Gasteiger partial charge on any atom is -0.240 e. The van der Waals surface area contributed by atoms with Crippen LogP contribution in [-0.4, -0.2) is 9.97 Å². The monoisotopic (exact) mass is 1250 g/mol. The highest BCUT2D eigenvalue weighted by molar-refractivity contribution is 7.30. The second-order valence-corrected chi connectivity index (χ2v) is 29.7. The Morgan fingerprint density at radius 2 is 0.783 bits per heavy atom. The maximum absolute atomic E-state index is 14.1. The molecule has 8 aromatic rings. The summed E-state index contributed by atoms with van der Waals surface area (Å²) in [5.41, 5.74) is 3.32. The minimum atomic E-state index is -4.43. The van der Waals surface area contributed by atoms with Gasteiger partial charge < -0.3 is 0 Å². The Kier molecular flexibility index (Phi) is 23.2. The number of benzene rings is 2. The topological polar surface area (TPSA) is 25.8 Å². The second kappa shape index (κ2) is 29.7. The molecule has 14 heteroatoms. The first-order valence-electron chi connectivity index (χ1n) is 30.5. The predicted molar refractivity (Wildman–Crippen MR) is 349 cm³/mol. The standard InChI is InChI=1S/C69H84F6N2S6/c1-9-12-14-16-18-20-22-24-26-28-32-48-42-57(56-39-38-54(78-56)55-40-41-58(79-55)66(6,7)50-34-30-36-52(44-50)68(70,71)72)80-62(48)64-76-46(4)60(82-64)61-47(5)77-65(83-61)63-49(33-29-27-25-23-21-19-17-15-13-10-2)43-59(81-63)67(8,11-3)51-35-31-37-53(45-51)69(73,74)75/h30-31,34-45H,9-29,32-33H2,1-8H3. The fourth-order valence-electron chi connectivity index (χ4n) is 11.2. The zero-order valence-corrected chi connectivity index (χ0v) is 54.9. The first kappa shape index (κ1) is 65.1. The van der Waals surface area contributed by atoms with Gasteiger partial charge in [0.25, 0.3) is 0 Å². The summed E-state index contributed by atoms with van der Waals surface area (Å²) in [6.07, 6.45) is 18.9. The maximum Gasteiger partial charge on any atom is 0.416 e. The summed E-state index contributed by atoms with van der Waals surface area (Å²) >= 11 is 10.4. The van der Waals surface area contributed by atoms with E-state index < -0.39 is 34.3 Å². The van der Waals surface area contributed by atoms with Crippen LogP contribution in [0, 0.1) is 13.8 Å². The SMILES string of the molecule is CCCCCCCCCCCCc1cc(-c2ccc(-c3ccc(C(C)(C)c4cccc(C(F)(F)F)c4)s3)s2)sc1-c1nc(C)c(-c2sc(-c3sc(C(C)(CC)c4cccc(C(F)(F)F)c4)cc3CCCCCCCCCCCC)nc2C)s1. The molecule has 83 heavy (non-hydrogen) atoms. The summed E-state index contributed by atoms with van der Waals surface area (Å²) in [5, 5.41) is 1.97. The maximum atomic E-state index is 14.1. The van der Waals surface area contributed by atoms with Gasteiger partial charge in [-0.25, -0.2) is 9.97 Å². The Morgan fingerprint density at radius 1 is 0.373 bits per heavy atom. The summed E-state index contributed by atoms with van der Waals surface area (Å²) < 4.78 is 83.6. The number of thiazole rings is 2. The summed E-state index contributed by atoms with van der Waals surface area (Å²) in [6.45, 7) is 16.9. The number of aryl methyl sites for hydroxylation is 4. The van der Waals surface area contributed by atoms with Crippen LogP contribution in [0.5, 0.6) is 0 Å². The van der Waals surface area contributed by atoms with Crippen molar-refractivity contribution in [1.29, 1.82) is 0 Å². The molecule has 6 heterocycles. The predicted octanol–water partition coefficient (Wildman–Crippen LogP) is 25.8. The Bertz CT molecular complexity index is 3300. The van der Waals surface area contributed by atoms with Crippen LogP contribution < -0.4 is 0 Å². The average Bonchev–Trinajstić information content (AvgIpc) is 4.49. The zero-order valence-electron chi connectivity index (χ0n) is 50.0. The number of unbranched alkanes of at least 4 members (excludes halogenated alkanes) is 18. The number of thiophene rings is 4. The number of nitrogens with zero attached hydrogens (tertiary/aromatic N) is 2. The molecule has 0 spiro atoms. The highest BCUT2D eigenvalue weighted by Crippen LogP contribution is 2.51. The molecular formula is C69H84F6N2S6. The van der Waals surface area contributed by atoms with Gasteiger partial charge in [-0.05, 0) is 117 Å². The molecule has 0 radical (unpaired) electrons. The molecule has 0 bridgehead atoms. The first-order chi connectivity index (χ1) is 39.7. The van der Waals surface area contributed by atoms with E-state index in [1.54, 1.807) is 68.8 Å². The van der Waals surface area contributed by atoms with Crippen molar-refractivity contribution >= 4 is 68.0 Å². The van der Waals surface area contributed by atoms with E-state index in [4.69, 9.17) is 9.97 Å². The lowest BCUT2D eigenvalue weighted by molar-refractivity contribution is -0.138. The molecule has 0 aliphatic rings. The third kappa shape index (κ3) is 16.6. The minimum absolute atomic E-state index is 0.613. The zero-order chi connectivity index (χ0) is 59.4. The van der Waals surface area contributed by atoms with Gasteiger partial charge in [-0.3, -0.25) is 0 Å². The molecule has 8 rings (SSSR count). The Hall–Kier alpha value is -3.92. The molecule has 1 unspecified atom stereocenters. The van der Waals surface area contributed by atoms with Crippen LogP contribution in [0.3, 0.4) is 0 Å². The summed E-state index contributed by atoms with van der Waals surface area (Å²) in [6, 6.07) is 24.8. The summed E-state index contributed by atoms with van der Waals surface area (Å²) in [7, 11) is 0. The van der Waals surface area contributed by atoms with Gasteiger partial charge in [0.2, 0.25) is 0 Å². The fourth-order valence-corrected chi connectivity index (χ4v) is 18.7. The first-order valence-corrected chi connectivity index (χ1v) is 35.4. The van der Waals surface area contributed by atoms with E-state index in [0.717, 1.165) is 93.7 Å². The van der Waals surface area contributed by atoms with E-state index in [1.165, 1.54) is 159 Å². The molecule has 1 atom stereocenters. The number of hydrogen-bond acceptors (Lipinski definition) is 8. The van der Waals surface area contributed by atoms with Crippen LogP contribution in [0.25, 0.3) is 49.0 Å². The molecule has 2 aromatic carbocycles. The van der Waals surface area contributed by atoms with Crippen LogP contribution >= 0.6 is 68.0 Å². The van der Waals surface area contributed by atoms with Gasteiger partial charge in [-0.1, -0.05) is 194 Å². The molecule has 0 saturated heterocycles. The molecule has 6 aromatic heterocycles. The van der Waals surface area contributed by atoms with Crippen molar-refractivity contribution in [2.45, 2.75) is 226 Å². The van der Waals surface area contributed by atoms with Gasteiger partial charge in [0.05, 0.1) is 42.0 Å². The average molecular weight is 1250 g/mol. The van der Waals surface area contributed by atoms with Crippen molar-refractivity contribution in [3.63, 3.8) is 0 Å². The number of hydrogen-bond donors (Lipinski definition) is 0. The van der Waals surface area contributed by atoms with E-state index in [2.05, 4.69) is 77.9 Å². The summed E-state index contributed by atoms with van der Waals surface area (Å²) in [5.74, 6) is 0. The van der Waals surface area contributed by atoms with E-state index >= 15 is 0 Å². The van der Waals surface area contributed by atoms with Crippen LogP contribution in [0.2, 0.25) is 0 Å². The number of rotatable bonds is 32. The molecule has 0 N–H and O–H groups in total. The molecule has 0 saturated carbocycles. The van der Waals surface area contributed by atoms with E-state index in [1.807, 2.05) is 31.3 Å². The lowest BCUT2D eigenvalue weighted by Crippen LogP contribution is -2.22. The van der Waals surface area contributed by atoms with Crippen molar-refractivity contribution in [2.24, 2.45) is 0 Å². The molecule has 2 nitrogen and oxygen atoms in total. The van der Waals surface area contributed by atoms with Gasteiger partial charge in [-0.15, -0.1) is 68.0 Å². The number of halogens is 6. The fraction of sp³-hybridized carbons (Fsp3) is 0.507. The lowest BCUT2D eigenvalue weighted by Gasteiger charge is -2.28. The Morgan fingerprint density at radius 3 is 1.28 bits per heavy atom. The van der Waals surface area contributed by atoms with Gasteiger partial charge in [0.15, 0.2) is 0 Å². The van der Waals surface area contributed by atoms with E-state index in [9.17, 15) is 26.3 Å². The van der Waals surface area contributed by atoms with E-state index in [0.29, 0.717) is 17.5 Å². The van der Waals surface area contributed by atoms with Crippen molar-refractivity contribution in [3.05, 3.63) is 139 Å². The van der Waals surface area contributed by atoms with Crippen molar-refractivity contribution in [3.8, 4) is 49.0 Å². The highest BCUT2D eigenvalue weighted by Gasteiger charge is 2.37. The molecule has 0 amide bonds. The largest absolute Gasteiger partial charge is 0.416 e. The van der Waals surface area contributed by atoms with Crippen LogP contribution in [0.15, 0.2) is 84.9 Å². The van der Waals surface area contributed by atoms with Crippen LogP contribution in [0.1, 0.15) is 231 Å². The Balaban J connectivity index is 1.07. The molecule has 448 valence electrons. The Labute approximate surface area is 515 Å². The van der Waals surface area contributed by atoms with Crippen LogP contribution in [0.4, 0.5) is 26.3 Å². The number of aromatic nitrogens is 2.